The highest BCUT2D eigenvalue weighted by Gasteiger charge is 2.24. The molecule has 0 spiro atoms. The van der Waals surface area contributed by atoms with E-state index in [4.69, 9.17) is 0 Å². The minimum absolute atomic E-state index is 0.188. The summed E-state index contributed by atoms with van der Waals surface area (Å²) in [5.41, 5.74) is 3.15. The highest BCUT2D eigenvalue weighted by Crippen LogP contribution is 2.19. The Balaban J connectivity index is 2.10. The Morgan fingerprint density at radius 3 is 2.63 bits per heavy atom. The van der Waals surface area contributed by atoms with Gasteiger partial charge in [-0.3, -0.25) is 4.79 Å². The van der Waals surface area contributed by atoms with E-state index in [1.807, 2.05) is 37.9 Å². The molecule has 3 nitrogen and oxygen atoms in total. The summed E-state index contributed by atoms with van der Waals surface area (Å²) < 4.78 is 0. The lowest BCUT2D eigenvalue weighted by molar-refractivity contribution is 0.0674. The Morgan fingerprint density at radius 1 is 1.32 bits per heavy atom. The molecule has 0 bridgehead atoms. The van der Waals surface area contributed by atoms with Crippen LogP contribution in [0.15, 0.2) is 18.2 Å². The number of benzene rings is 1. The first-order chi connectivity index (χ1) is 9.10. The molecule has 1 aromatic carbocycles. The van der Waals surface area contributed by atoms with Crippen LogP contribution >= 0.6 is 0 Å². The van der Waals surface area contributed by atoms with Crippen molar-refractivity contribution in [1.82, 2.24) is 10.2 Å². The summed E-state index contributed by atoms with van der Waals surface area (Å²) in [5.74, 6) is 0.779. The predicted molar refractivity (Wildman–Crippen MR) is 78.5 cm³/mol. The molecule has 1 heterocycles. The molecule has 1 aromatic rings. The van der Waals surface area contributed by atoms with Crippen molar-refractivity contribution in [3.8, 4) is 0 Å². The molecule has 1 N–H and O–H groups in total. The molecule has 0 saturated carbocycles. The Bertz CT molecular complexity index is 434. The number of rotatable bonds is 3. The average molecular weight is 260 g/mol. The number of amides is 1. The van der Waals surface area contributed by atoms with Crippen molar-refractivity contribution in [2.24, 2.45) is 5.92 Å². The van der Waals surface area contributed by atoms with Crippen molar-refractivity contribution >= 4 is 5.91 Å². The molecular weight excluding hydrogens is 236 g/mol. The first-order valence-corrected chi connectivity index (χ1v) is 7.12. The molecule has 0 unspecified atom stereocenters. The first kappa shape index (κ1) is 14.1. The van der Waals surface area contributed by atoms with Gasteiger partial charge in [-0.05, 0) is 58.3 Å². The highest BCUT2D eigenvalue weighted by molar-refractivity contribution is 5.94. The number of aryl methyl sites for hydroxylation is 2. The summed E-state index contributed by atoms with van der Waals surface area (Å²) >= 11 is 0. The minimum Gasteiger partial charge on any atom is -0.338 e. The van der Waals surface area contributed by atoms with Crippen molar-refractivity contribution in [2.45, 2.75) is 26.7 Å². The van der Waals surface area contributed by atoms with Gasteiger partial charge < -0.3 is 10.2 Å². The molecule has 104 valence electrons. The zero-order chi connectivity index (χ0) is 13.8. The van der Waals surface area contributed by atoms with Crippen LogP contribution in [0, 0.1) is 19.8 Å². The van der Waals surface area contributed by atoms with E-state index in [9.17, 15) is 4.79 Å². The van der Waals surface area contributed by atoms with Crippen molar-refractivity contribution in [3.63, 3.8) is 0 Å². The van der Waals surface area contributed by atoms with Crippen LogP contribution in [0.1, 0.15) is 34.3 Å². The lowest BCUT2D eigenvalue weighted by Gasteiger charge is -2.33. The third-order valence-electron chi connectivity index (χ3n) is 3.77. The van der Waals surface area contributed by atoms with E-state index in [0.717, 1.165) is 42.7 Å². The van der Waals surface area contributed by atoms with Crippen LogP contribution in [-0.4, -0.2) is 37.5 Å². The summed E-state index contributed by atoms with van der Waals surface area (Å²) in [5, 5.41) is 3.22. The van der Waals surface area contributed by atoms with Crippen LogP contribution in [0.4, 0.5) is 0 Å². The van der Waals surface area contributed by atoms with Gasteiger partial charge in [0.15, 0.2) is 0 Å². The Morgan fingerprint density at radius 2 is 2.00 bits per heavy atom. The fourth-order valence-corrected chi connectivity index (χ4v) is 2.99. The average Bonchev–Trinajstić information content (AvgIpc) is 2.37. The summed E-state index contributed by atoms with van der Waals surface area (Å²) in [6.45, 7) is 6.86. The van der Waals surface area contributed by atoms with Crippen molar-refractivity contribution < 1.29 is 4.79 Å². The maximum Gasteiger partial charge on any atom is 0.253 e. The zero-order valence-corrected chi connectivity index (χ0v) is 12.2. The van der Waals surface area contributed by atoms with Gasteiger partial charge in [0, 0.05) is 18.7 Å². The molecular formula is C16H24N2O. The molecule has 0 aromatic heterocycles. The number of nitrogens with one attached hydrogen (secondary N) is 1. The van der Waals surface area contributed by atoms with Gasteiger partial charge in [0.05, 0.1) is 0 Å². The summed E-state index contributed by atoms with van der Waals surface area (Å²) in [6, 6.07) is 6.10. The highest BCUT2D eigenvalue weighted by atomic mass is 16.2. The molecule has 1 fully saturated rings. The Hall–Kier alpha value is -1.35. The van der Waals surface area contributed by atoms with Crippen LogP contribution < -0.4 is 5.32 Å². The summed E-state index contributed by atoms with van der Waals surface area (Å²) in [6.07, 6.45) is 2.33. The number of likely N-dealkylation sites (tertiary alicyclic amines) is 1. The molecule has 1 saturated heterocycles. The second-order valence-corrected chi connectivity index (χ2v) is 5.69. The van der Waals surface area contributed by atoms with Gasteiger partial charge in [-0.15, -0.1) is 0 Å². The Kier molecular flexibility index (Phi) is 4.59. The van der Waals surface area contributed by atoms with E-state index in [2.05, 4.69) is 11.4 Å². The standard InChI is InChI=1S/C16H24N2O/c1-12-7-13(2)9-15(8-12)16(19)18-6-4-5-14(11-18)10-17-3/h7-9,14,17H,4-6,10-11H2,1-3H3/t14-/m1/s1. The molecule has 0 aliphatic carbocycles. The van der Waals surface area contributed by atoms with Gasteiger partial charge in [0.25, 0.3) is 5.91 Å². The van der Waals surface area contributed by atoms with Crippen molar-refractivity contribution in [1.29, 1.82) is 0 Å². The van der Waals surface area contributed by atoms with Crippen LogP contribution in [-0.2, 0) is 0 Å². The second kappa shape index (κ2) is 6.20. The summed E-state index contributed by atoms with van der Waals surface area (Å²) in [7, 11) is 1.98. The van der Waals surface area contributed by atoms with Gasteiger partial charge >= 0.3 is 0 Å². The van der Waals surface area contributed by atoms with Crippen LogP contribution in [0.25, 0.3) is 0 Å². The smallest absolute Gasteiger partial charge is 0.253 e. The maximum absolute atomic E-state index is 12.6. The van der Waals surface area contributed by atoms with E-state index in [1.54, 1.807) is 0 Å². The SMILES string of the molecule is CNC[C@H]1CCCN(C(=O)c2cc(C)cc(C)c2)C1. The first-order valence-electron chi connectivity index (χ1n) is 7.12. The molecule has 1 atom stereocenters. The lowest BCUT2D eigenvalue weighted by Crippen LogP contribution is -2.42. The molecule has 2 rings (SSSR count). The largest absolute Gasteiger partial charge is 0.338 e. The molecule has 3 heteroatoms. The zero-order valence-electron chi connectivity index (χ0n) is 12.2. The number of carbonyl (C=O) groups excluding carboxylic acids is 1. The number of hydrogen-bond donors (Lipinski definition) is 1. The minimum atomic E-state index is 0.188. The number of piperidine rings is 1. The second-order valence-electron chi connectivity index (χ2n) is 5.69. The number of carbonyl (C=O) groups is 1. The molecule has 19 heavy (non-hydrogen) atoms. The molecule has 1 aliphatic rings. The fourth-order valence-electron chi connectivity index (χ4n) is 2.99. The van der Waals surface area contributed by atoms with Gasteiger partial charge in [-0.1, -0.05) is 17.2 Å². The number of hydrogen-bond acceptors (Lipinski definition) is 2. The van der Waals surface area contributed by atoms with Gasteiger partial charge in [0.1, 0.15) is 0 Å². The van der Waals surface area contributed by atoms with E-state index < -0.39 is 0 Å². The van der Waals surface area contributed by atoms with Crippen LogP contribution in [0.2, 0.25) is 0 Å². The van der Waals surface area contributed by atoms with Crippen molar-refractivity contribution in [3.05, 3.63) is 34.9 Å². The maximum atomic E-state index is 12.6. The van der Waals surface area contributed by atoms with E-state index in [1.165, 1.54) is 6.42 Å². The quantitative estimate of drug-likeness (QED) is 0.905. The van der Waals surface area contributed by atoms with Gasteiger partial charge in [-0.25, -0.2) is 0 Å². The third kappa shape index (κ3) is 3.57. The third-order valence-corrected chi connectivity index (χ3v) is 3.77. The van der Waals surface area contributed by atoms with Gasteiger partial charge in [0.2, 0.25) is 0 Å². The van der Waals surface area contributed by atoms with E-state index in [-0.39, 0.29) is 5.91 Å². The summed E-state index contributed by atoms with van der Waals surface area (Å²) in [4.78, 5) is 14.6. The van der Waals surface area contributed by atoms with E-state index >= 15 is 0 Å². The lowest BCUT2D eigenvalue weighted by atomic mass is 9.97. The van der Waals surface area contributed by atoms with Crippen molar-refractivity contribution in [2.75, 3.05) is 26.7 Å². The fraction of sp³-hybridized carbons (Fsp3) is 0.562. The normalized spacial score (nSPS) is 19.5. The molecule has 0 radical (unpaired) electrons. The topological polar surface area (TPSA) is 32.3 Å². The van der Waals surface area contributed by atoms with E-state index in [0.29, 0.717) is 5.92 Å². The Labute approximate surface area is 116 Å². The van der Waals surface area contributed by atoms with Gasteiger partial charge in [-0.2, -0.15) is 0 Å². The number of nitrogens with zero attached hydrogens (tertiary/aromatic N) is 1. The van der Waals surface area contributed by atoms with Crippen LogP contribution in [0.3, 0.4) is 0 Å². The molecule has 1 aliphatic heterocycles. The van der Waals surface area contributed by atoms with Crippen LogP contribution in [0.5, 0.6) is 0 Å². The monoisotopic (exact) mass is 260 g/mol. The molecule has 1 amide bonds. The predicted octanol–water partition coefficient (Wildman–Crippen LogP) is 2.38.